The average molecular weight is 464 g/mol. The van der Waals surface area contributed by atoms with Gasteiger partial charge in [-0.1, -0.05) is 45.0 Å². The van der Waals surface area contributed by atoms with E-state index in [1.807, 2.05) is 19.1 Å². The molecule has 1 aromatic rings. The number of nitrogens with zero attached hydrogens (tertiary/aromatic N) is 1. The molecule has 0 heterocycles. The van der Waals surface area contributed by atoms with Crippen LogP contribution in [0.3, 0.4) is 0 Å². The second kappa shape index (κ2) is 12.2. The van der Waals surface area contributed by atoms with Crippen molar-refractivity contribution in [2.75, 3.05) is 20.7 Å². The first-order valence-electron chi connectivity index (χ1n) is 11.0. The Labute approximate surface area is 196 Å². The zero-order valence-electron chi connectivity index (χ0n) is 20.9. The molecule has 2 unspecified atom stereocenters. The minimum atomic E-state index is -1.02. The molecule has 184 valence electrons. The Morgan fingerprint density at radius 2 is 1.64 bits per heavy atom. The number of nitrogens with one attached hydrogen (secondary N) is 2. The summed E-state index contributed by atoms with van der Waals surface area (Å²) in [6.45, 7) is 10.4. The number of hydrogen-bond acceptors (Lipinski definition) is 6. The molecule has 33 heavy (non-hydrogen) atoms. The van der Waals surface area contributed by atoms with Crippen LogP contribution in [-0.4, -0.2) is 61.1 Å². The number of rotatable bonds is 9. The quantitative estimate of drug-likeness (QED) is 0.544. The van der Waals surface area contributed by atoms with E-state index in [4.69, 9.17) is 4.74 Å². The van der Waals surface area contributed by atoms with E-state index in [2.05, 4.69) is 15.4 Å². The van der Waals surface area contributed by atoms with Crippen LogP contribution < -0.4 is 10.6 Å². The maximum Gasteiger partial charge on any atom is 0.408 e. The number of methoxy groups -OCH3 is 1. The molecule has 2 N–H and O–H groups in total. The van der Waals surface area contributed by atoms with Crippen molar-refractivity contribution < 1.29 is 28.7 Å². The Balaban J connectivity index is 3.22. The summed E-state index contributed by atoms with van der Waals surface area (Å²) in [4.78, 5) is 51.6. The van der Waals surface area contributed by atoms with E-state index < -0.39 is 41.6 Å². The Morgan fingerprint density at radius 3 is 2.09 bits per heavy atom. The number of carbonyl (C=O) groups excluding carboxylic acids is 4. The summed E-state index contributed by atoms with van der Waals surface area (Å²) < 4.78 is 9.87. The van der Waals surface area contributed by atoms with Crippen LogP contribution in [0.4, 0.5) is 4.79 Å². The first-order valence-corrected chi connectivity index (χ1v) is 11.0. The molecule has 0 saturated carbocycles. The second-order valence-electron chi connectivity index (χ2n) is 9.11. The van der Waals surface area contributed by atoms with Crippen molar-refractivity contribution >= 4 is 23.9 Å². The molecule has 1 aromatic carbocycles. The zero-order chi connectivity index (χ0) is 25.3. The van der Waals surface area contributed by atoms with Crippen molar-refractivity contribution in [2.45, 2.75) is 65.6 Å². The first kappa shape index (κ1) is 27.9. The molecule has 0 spiro atoms. The number of hydrogen-bond donors (Lipinski definition) is 2. The predicted molar refractivity (Wildman–Crippen MR) is 124 cm³/mol. The minimum absolute atomic E-state index is 0.270. The van der Waals surface area contributed by atoms with Gasteiger partial charge in [0.1, 0.15) is 24.2 Å². The van der Waals surface area contributed by atoms with Crippen LogP contribution in [0.2, 0.25) is 0 Å². The summed E-state index contributed by atoms with van der Waals surface area (Å²) in [6.07, 6.45) is 0.102. The van der Waals surface area contributed by atoms with E-state index in [-0.39, 0.29) is 12.5 Å². The monoisotopic (exact) mass is 463 g/mol. The molecule has 9 heteroatoms. The highest BCUT2D eigenvalue weighted by Crippen LogP contribution is 2.23. The molecule has 0 aliphatic carbocycles. The van der Waals surface area contributed by atoms with Gasteiger partial charge in [0, 0.05) is 7.05 Å². The van der Waals surface area contributed by atoms with Crippen LogP contribution in [0.5, 0.6) is 0 Å². The van der Waals surface area contributed by atoms with Crippen LogP contribution in [0, 0.1) is 5.92 Å². The number of alkyl carbamates (subject to hydrolysis) is 1. The molecule has 2 atom stereocenters. The fourth-order valence-corrected chi connectivity index (χ4v) is 3.11. The third-order valence-electron chi connectivity index (χ3n) is 4.93. The van der Waals surface area contributed by atoms with Crippen LogP contribution in [0.25, 0.3) is 0 Å². The molecule has 0 aromatic heterocycles. The molecular weight excluding hydrogens is 426 g/mol. The van der Waals surface area contributed by atoms with Crippen LogP contribution >= 0.6 is 0 Å². The van der Waals surface area contributed by atoms with E-state index in [9.17, 15) is 19.2 Å². The number of likely N-dealkylation sites (N-methyl/N-ethyl adjacent to an activating group) is 1. The number of amides is 3. The van der Waals surface area contributed by atoms with Gasteiger partial charge in [0.25, 0.3) is 0 Å². The number of ether oxygens (including phenoxy) is 2. The number of aryl methyl sites for hydroxylation is 1. The maximum absolute atomic E-state index is 13.4. The van der Waals surface area contributed by atoms with Gasteiger partial charge in [0.05, 0.1) is 7.11 Å². The molecule has 9 nitrogen and oxygen atoms in total. The summed E-state index contributed by atoms with van der Waals surface area (Å²) in [7, 11) is 2.71. The molecule has 3 amide bonds. The lowest BCUT2D eigenvalue weighted by atomic mass is 9.98. The normalized spacial score (nSPS) is 13.0. The molecule has 0 bridgehead atoms. The smallest absolute Gasteiger partial charge is 0.408 e. The third-order valence-corrected chi connectivity index (χ3v) is 4.93. The third kappa shape index (κ3) is 8.75. The maximum atomic E-state index is 13.4. The van der Waals surface area contributed by atoms with Crippen molar-refractivity contribution in [3.8, 4) is 0 Å². The number of esters is 1. The van der Waals surface area contributed by atoms with E-state index in [1.54, 1.807) is 46.8 Å². The highest BCUT2D eigenvalue weighted by molar-refractivity contribution is 5.93. The lowest BCUT2D eigenvalue weighted by molar-refractivity contribution is -0.144. The van der Waals surface area contributed by atoms with E-state index in [0.29, 0.717) is 5.56 Å². The Morgan fingerprint density at radius 1 is 1.06 bits per heavy atom. The molecule has 0 radical (unpaired) electrons. The number of carbonyl (C=O) groups is 4. The minimum Gasteiger partial charge on any atom is -0.468 e. The summed E-state index contributed by atoms with van der Waals surface area (Å²) in [5, 5.41) is 5.14. The van der Waals surface area contributed by atoms with Crippen LogP contribution in [0.1, 0.15) is 58.7 Å². The van der Waals surface area contributed by atoms with Gasteiger partial charge in [-0.15, -0.1) is 0 Å². The first-order chi connectivity index (χ1) is 15.3. The SMILES string of the molecule is CCc1ccc(C(C(=O)NCC(=O)OC)N(C)C(=O)C(NC(=O)OC(C)(C)C)C(C)C)cc1. The van der Waals surface area contributed by atoms with Gasteiger partial charge in [0.2, 0.25) is 11.8 Å². The van der Waals surface area contributed by atoms with Crippen molar-refractivity contribution in [3.63, 3.8) is 0 Å². The zero-order valence-corrected chi connectivity index (χ0v) is 20.9. The summed E-state index contributed by atoms with van der Waals surface area (Å²) in [6, 6.07) is 5.37. The van der Waals surface area contributed by atoms with Gasteiger partial charge >= 0.3 is 12.1 Å². The largest absolute Gasteiger partial charge is 0.468 e. The lowest BCUT2D eigenvalue weighted by Crippen LogP contribution is -2.53. The fourth-order valence-electron chi connectivity index (χ4n) is 3.11. The van der Waals surface area contributed by atoms with Gasteiger partial charge in [-0.25, -0.2) is 4.79 Å². The van der Waals surface area contributed by atoms with Gasteiger partial charge < -0.3 is 25.0 Å². The van der Waals surface area contributed by atoms with Crippen molar-refractivity contribution in [3.05, 3.63) is 35.4 Å². The van der Waals surface area contributed by atoms with Crippen LogP contribution in [-0.2, 0) is 30.3 Å². The second-order valence-corrected chi connectivity index (χ2v) is 9.11. The highest BCUT2D eigenvalue weighted by Gasteiger charge is 2.35. The van der Waals surface area contributed by atoms with Crippen LogP contribution in [0.15, 0.2) is 24.3 Å². The molecule has 0 saturated heterocycles. The molecule has 1 rings (SSSR count). The lowest BCUT2D eigenvalue weighted by Gasteiger charge is -2.33. The Kier molecular flexibility index (Phi) is 10.3. The summed E-state index contributed by atoms with van der Waals surface area (Å²) in [5.41, 5.74) is 0.927. The summed E-state index contributed by atoms with van der Waals surface area (Å²) >= 11 is 0. The average Bonchev–Trinajstić information content (AvgIpc) is 2.74. The predicted octanol–water partition coefficient (Wildman–Crippen LogP) is 2.59. The van der Waals surface area contributed by atoms with E-state index in [1.165, 1.54) is 19.1 Å². The molecule has 0 aliphatic rings. The van der Waals surface area contributed by atoms with Gasteiger partial charge in [-0.3, -0.25) is 14.4 Å². The summed E-state index contributed by atoms with van der Waals surface area (Å²) in [5.74, 6) is -1.88. The van der Waals surface area contributed by atoms with Crippen molar-refractivity contribution in [1.29, 1.82) is 0 Å². The van der Waals surface area contributed by atoms with E-state index in [0.717, 1.165) is 12.0 Å². The standard InChI is InChI=1S/C24H37N3O6/c1-9-16-10-12-17(13-11-16)20(21(29)25-14-18(28)32-8)27(7)22(30)19(15(2)3)26-23(31)33-24(4,5)6/h10-13,15,19-20H,9,14H2,1-8H3,(H,25,29)(H,26,31). The van der Waals surface area contributed by atoms with Crippen molar-refractivity contribution in [2.24, 2.45) is 5.92 Å². The molecule has 0 fully saturated rings. The molecular formula is C24H37N3O6. The topological polar surface area (TPSA) is 114 Å². The van der Waals surface area contributed by atoms with Gasteiger partial charge in [0.15, 0.2) is 0 Å². The van der Waals surface area contributed by atoms with Crippen molar-refractivity contribution in [1.82, 2.24) is 15.5 Å². The Bertz CT molecular complexity index is 830. The van der Waals surface area contributed by atoms with E-state index >= 15 is 0 Å². The molecule has 0 aliphatic heterocycles. The fraction of sp³-hybridized carbons (Fsp3) is 0.583. The highest BCUT2D eigenvalue weighted by atomic mass is 16.6. The Hall–Kier alpha value is -3.10. The van der Waals surface area contributed by atoms with Gasteiger partial charge in [-0.05, 0) is 44.2 Å². The number of benzene rings is 1. The van der Waals surface area contributed by atoms with Gasteiger partial charge in [-0.2, -0.15) is 0 Å².